The van der Waals surface area contributed by atoms with Gasteiger partial charge in [0.1, 0.15) is 5.69 Å². The summed E-state index contributed by atoms with van der Waals surface area (Å²) in [5.41, 5.74) is 5.29. The zero-order chi connectivity index (χ0) is 9.30. The topological polar surface area (TPSA) is 98.2 Å². The van der Waals surface area contributed by atoms with Crippen LogP contribution in [0.15, 0.2) is 6.20 Å². The van der Waals surface area contributed by atoms with Gasteiger partial charge in [-0.05, 0) is 0 Å². The molecule has 6 nitrogen and oxygen atoms in total. The molecule has 1 rings (SSSR count). The van der Waals surface area contributed by atoms with Crippen LogP contribution in [0.25, 0.3) is 0 Å². The molecular weight excluding hydrogens is 162 g/mol. The van der Waals surface area contributed by atoms with Crippen molar-refractivity contribution in [1.29, 1.82) is 0 Å². The normalized spacial score (nSPS) is 9.75. The summed E-state index contributed by atoms with van der Waals surface area (Å²) in [6.45, 7) is 0. The first-order valence-corrected chi connectivity index (χ1v) is 3.09. The van der Waals surface area contributed by atoms with Crippen LogP contribution in [0.3, 0.4) is 0 Å². The summed E-state index contributed by atoms with van der Waals surface area (Å²) >= 11 is 0. The van der Waals surface area contributed by atoms with Gasteiger partial charge in [0.15, 0.2) is 0 Å². The third-order valence-electron chi connectivity index (χ3n) is 1.38. The predicted octanol–water partition coefficient (Wildman–Crippen LogP) is -0.730. The molecule has 12 heavy (non-hydrogen) atoms. The van der Waals surface area contributed by atoms with Crippen molar-refractivity contribution in [3.8, 4) is 0 Å². The summed E-state index contributed by atoms with van der Waals surface area (Å²) in [4.78, 5) is 21.2. The number of Topliss-reactive ketones (excluding diaryl/α,β-unsaturated/α-hetero) is 1. The molecule has 0 unspecified atom stereocenters. The fraction of sp³-hybridized carbons (Fsp3) is 0.167. The quantitative estimate of drug-likeness (QED) is 0.449. The summed E-state index contributed by atoms with van der Waals surface area (Å²) in [6, 6.07) is 0. The number of aliphatic carboxylic acids is 1. The molecule has 0 radical (unpaired) electrons. The summed E-state index contributed by atoms with van der Waals surface area (Å²) < 4.78 is 1.13. The number of ketones is 1. The molecule has 0 aliphatic carbocycles. The van der Waals surface area contributed by atoms with Crippen molar-refractivity contribution in [2.45, 2.75) is 0 Å². The summed E-state index contributed by atoms with van der Waals surface area (Å²) in [5.74, 6) is -2.59. The van der Waals surface area contributed by atoms with E-state index < -0.39 is 11.8 Å². The molecular formula is C6H7N3O3. The lowest BCUT2D eigenvalue weighted by Crippen LogP contribution is -2.18. The highest BCUT2D eigenvalue weighted by Crippen LogP contribution is 2.09. The Morgan fingerprint density at radius 1 is 1.67 bits per heavy atom. The van der Waals surface area contributed by atoms with E-state index in [0.717, 1.165) is 4.68 Å². The van der Waals surface area contributed by atoms with Gasteiger partial charge < -0.3 is 10.8 Å². The number of nitrogens with two attached hydrogens (primary N) is 1. The third kappa shape index (κ3) is 1.14. The van der Waals surface area contributed by atoms with Gasteiger partial charge in [-0.15, -0.1) is 0 Å². The molecule has 0 spiro atoms. The maximum Gasteiger partial charge on any atom is 0.378 e. The smallest absolute Gasteiger partial charge is 0.378 e. The number of carbonyl (C=O) groups is 2. The molecule has 0 aliphatic rings. The van der Waals surface area contributed by atoms with Crippen LogP contribution in [0.1, 0.15) is 10.5 Å². The fourth-order valence-electron chi connectivity index (χ4n) is 0.834. The minimum absolute atomic E-state index is 0.0740. The number of hydrogen-bond acceptors (Lipinski definition) is 4. The number of aromatic nitrogens is 2. The lowest BCUT2D eigenvalue weighted by molar-refractivity contribution is -0.131. The predicted molar refractivity (Wildman–Crippen MR) is 39.6 cm³/mol. The Morgan fingerprint density at radius 2 is 2.25 bits per heavy atom. The van der Waals surface area contributed by atoms with Crippen LogP contribution in [-0.2, 0) is 11.8 Å². The van der Waals surface area contributed by atoms with Crippen LogP contribution >= 0.6 is 0 Å². The summed E-state index contributed by atoms with van der Waals surface area (Å²) in [5, 5.41) is 12.0. The van der Waals surface area contributed by atoms with Gasteiger partial charge in [0.25, 0.3) is 5.78 Å². The molecule has 0 saturated carbocycles. The molecule has 0 bridgehead atoms. The molecule has 6 heteroatoms. The van der Waals surface area contributed by atoms with Crippen LogP contribution in [0, 0.1) is 0 Å². The Balaban J connectivity index is 3.18. The first-order chi connectivity index (χ1) is 5.54. The molecule has 1 aromatic rings. The first-order valence-electron chi connectivity index (χ1n) is 3.09. The number of carboxylic acid groups (broad SMARTS) is 1. The molecule has 1 aromatic heterocycles. The van der Waals surface area contributed by atoms with Crippen LogP contribution in [0.5, 0.6) is 0 Å². The standard InChI is InChI=1S/C6H7N3O3/c1-9-4(3(7)2-8-9)5(10)6(11)12/h2H,7H2,1H3,(H,11,12). The average Bonchev–Trinajstić information content (AvgIpc) is 2.30. The number of nitrogen functional groups attached to an aromatic ring is 1. The van der Waals surface area contributed by atoms with Gasteiger partial charge in [-0.3, -0.25) is 9.48 Å². The zero-order valence-electron chi connectivity index (χ0n) is 6.31. The molecule has 0 saturated heterocycles. The maximum absolute atomic E-state index is 10.9. The van der Waals surface area contributed by atoms with Gasteiger partial charge >= 0.3 is 5.97 Å². The van der Waals surface area contributed by atoms with E-state index >= 15 is 0 Å². The SMILES string of the molecule is Cn1ncc(N)c1C(=O)C(=O)O. The lowest BCUT2D eigenvalue weighted by atomic mass is 10.2. The van der Waals surface area contributed by atoms with Crippen molar-refractivity contribution in [3.05, 3.63) is 11.9 Å². The molecule has 0 atom stereocenters. The van der Waals surface area contributed by atoms with E-state index in [9.17, 15) is 9.59 Å². The number of hydrogen-bond donors (Lipinski definition) is 2. The zero-order valence-corrected chi connectivity index (χ0v) is 6.31. The number of anilines is 1. The highest BCUT2D eigenvalue weighted by molar-refractivity contribution is 6.40. The summed E-state index contributed by atoms with van der Waals surface area (Å²) in [7, 11) is 1.45. The van der Waals surface area contributed by atoms with E-state index in [4.69, 9.17) is 10.8 Å². The Kier molecular flexibility index (Phi) is 1.82. The number of nitrogens with zero attached hydrogens (tertiary/aromatic N) is 2. The second-order valence-corrected chi connectivity index (χ2v) is 2.21. The Bertz CT molecular complexity index is 322. The number of aryl methyl sites for hydroxylation is 1. The van der Waals surface area contributed by atoms with Crippen LogP contribution in [-0.4, -0.2) is 26.6 Å². The largest absolute Gasteiger partial charge is 0.475 e. The Morgan fingerprint density at radius 3 is 2.58 bits per heavy atom. The number of rotatable bonds is 2. The Hall–Kier alpha value is -1.85. The molecule has 3 N–H and O–H groups in total. The van der Waals surface area contributed by atoms with Gasteiger partial charge in [-0.2, -0.15) is 5.10 Å². The van der Waals surface area contributed by atoms with Crippen molar-refractivity contribution in [3.63, 3.8) is 0 Å². The second-order valence-electron chi connectivity index (χ2n) is 2.21. The van der Waals surface area contributed by atoms with Crippen LogP contribution in [0.2, 0.25) is 0 Å². The van der Waals surface area contributed by atoms with E-state index in [-0.39, 0.29) is 11.4 Å². The van der Waals surface area contributed by atoms with E-state index in [0.29, 0.717) is 0 Å². The minimum Gasteiger partial charge on any atom is -0.475 e. The molecule has 0 amide bonds. The fourth-order valence-corrected chi connectivity index (χ4v) is 0.834. The second kappa shape index (κ2) is 2.65. The first kappa shape index (κ1) is 8.25. The monoisotopic (exact) mass is 169 g/mol. The highest BCUT2D eigenvalue weighted by atomic mass is 16.4. The van der Waals surface area contributed by atoms with Crippen molar-refractivity contribution >= 4 is 17.4 Å². The van der Waals surface area contributed by atoms with Crippen molar-refractivity contribution in [2.24, 2.45) is 7.05 Å². The number of carboxylic acids is 1. The minimum atomic E-state index is -1.54. The molecule has 0 fully saturated rings. The van der Waals surface area contributed by atoms with Gasteiger partial charge in [-0.25, -0.2) is 4.79 Å². The van der Waals surface area contributed by atoms with Crippen molar-refractivity contribution in [1.82, 2.24) is 9.78 Å². The van der Waals surface area contributed by atoms with E-state index in [1.807, 2.05) is 0 Å². The van der Waals surface area contributed by atoms with Crippen molar-refractivity contribution < 1.29 is 14.7 Å². The van der Waals surface area contributed by atoms with Gasteiger partial charge in [0.2, 0.25) is 0 Å². The maximum atomic E-state index is 10.9. The van der Waals surface area contributed by atoms with Crippen LogP contribution in [0.4, 0.5) is 5.69 Å². The van der Waals surface area contributed by atoms with E-state index in [1.54, 1.807) is 0 Å². The van der Waals surface area contributed by atoms with Gasteiger partial charge in [0, 0.05) is 7.05 Å². The highest BCUT2D eigenvalue weighted by Gasteiger charge is 2.21. The third-order valence-corrected chi connectivity index (χ3v) is 1.38. The number of carbonyl (C=O) groups excluding carboxylic acids is 1. The van der Waals surface area contributed by atoms with Crippen molar-refractivity contribution in [2.75, 3.05) is 5.73 Å². The lowest BCUT2D eigenvalue weighted by Gasteiger charge is -1.96. The van der Waals surface area contributed by atoms with Crippen LogP contribution < -0.4 is 5.73 Å². The molecule has 0 aromatic carbocycles. The average molecular weight is 169 g/mol. The summed E-state index contributed by atoms with van der Waals surface area (Å²) in [6.07, 6.45) is 1.23. The van der Waals surface area contributed by atoms with E-state index in [1.165, 1.54) is 13.2 Å². The van der Waals surface area contributed by atoms with E-state index in [2.05, 4.69) is 5.10 Å². The molecule has 64 valence electrons. The molecule has 1 heterocycles. The molecule has 0 aliphatic heterocycles. The van der Waals surface area contributed by atoms with Gasteiger partial charge in [-0.1, -0.05) is 0 Å². The Labute approximate surface area is 67.6 Å². The van der Waals surface area contributed by atoms with Gasteiger partial charge in [0.05, 0.1) is 11.9 Å².